The van der Waals surface area contributed by atoms with Crippen molar-refractivity contribution in [1.82, 2.24) is 0 Å². The Bertz CT molecular complexity index is 2730. The second-order valence-corrected chi connectivity index (χ2v) is 12.4. The Labute approximate surface area is 285 Å². The van der Waals surface area contributed by atoms with Gasteiger partial charge in [-0.2, -0.15) is 0 Å². The number of hydrogen-bond donors (Lipinski definition) is 5. The lowest BCUT2D eigenvalue weighted by Gasteiger charge is -2.20. The second-order valence-electron chi connectivity index (χ2n) is 12.4. The predicted octanol–water partition coefficient (Wildman–Crippen LogP) is 11.1. The molecule has 0 radical (unpaired) electrons. The fraction of sp³-hybridized carbons (Fsp3) is 0. The Kier molecular flexibility index (Phi) is 6.48. The van der Waals surface area contributed by atoms with Gasteiger partial charge in [0, 0.05) is 16.3 Å². The molecule has 0 bridgehead atoms. The predicted molar refractivity (Wildman–Crippen MR) is 199 cm³/mol. The molecule has 0 unspecified atom stereocenters. The van der Waals surface area contributed by atoms with Crippen molar-refractivity contribution in [2.75, 3.05) is 0 Å². The molecule has 0 saturated carbocycles. The summed E-state index contributed by atoms with van der Waals surface area (Å²) in [6.45, 7) is 0. The number of phenols is 5. The van der Waals surface area contributed by atoms with Crippen molar-refractivity contribution in [3.63, 3.8) is 0 Å². The second kappa shape index (κ2) is 11.1. The third kappa shape index (κ3) is 4.36. The van der Waals surface area contributed by atoms with E-state index in [0.717, 1.165) is 66.1 Å². The molecular weight excluding hydrogens is 624 g/mol. The normalized spacial score (nSPS) is 11.6. The highest BCUT2D eigenvalue weighted by atomic mass is 16.4. The third-order valence-electron chi connectivity index (χ3n) is 9.61. The highest BCUT2D eigenvalue weighted by Crippen LogP contribution is 2.57. The maximum Gasteiger partial charge on any atom is 0.208 e. The van der Waals surface area contributed by atoms with Gasteiger partial charge in [0.05, 0.1) is 5.56 Å². The van der Waals surface area contributed by atoms with Crippen molar-refractivity contribution in [2.45, 2.75) is 0 Å². The summed E-state index contributed by atoms with van der Waals surface area (Å²) >= 11 is 0. The molecule has 0 atom stereocenters. The Morgan fingerprint density at radius 3 is 1.28 bits per heavy atom. The average molecular weight is 653 g/mol. The zero-order valence-electron chi connectivity index (χ0n) is 26.4. The third-order valence-corrected chi connectivity index (χ3v) is 9.61. The van der Waals surface area contributed by atoms with Gasteiger partial charge in [-0.15, -0.1) is 0 Å². The van der Waals surface area contributed by atoms with Gasteiger partial charge in [-0.3, -0.25) is 0 Å². The zero-order chi connectivity index (χ0) is 34.1. The van der Waals surface area contributed by atoms with Crippen molar-refractivity contribution >= 4 is 43.5 Å². The van der Waals surface area contributed by atoms with E-state index in [1.807, 2.05) is 84.9 Å². The maximum atomic E-state index is 11.0. The molecule has 9 aromatic rings. The SMILES string of the molecule is Oc1c(O)c(O)c(-c2c3ccccc3c(-c3ccc4oc5ccc(-c6cccc(-c7ccccc7)c6)cc5c4c3)c3ccccc23)c(O)c1O. The molecule has 8 aromatic carbocycles. The summed E-state index contributed by atoms with van der Waals surface area (Å²) < 4.78 is 6.31. The van der Waals surface area contributed by atoms with E-state index in [0.29, 0.717) is 16.3 Å². The number of furan rings is 1. The summed E-state index contributed by atoms with van der Waals surface area (Å²) in [5.41, 5.74) is 8.09. The van der Waals surface area contributed by atoms with E-state index in [2.05, 4.69) is 54.6 Å². The highest BCUT2D eigenvalue weighted by Gasteiger charge is 2.28. The minimum absolute atomic E-state index is 0.183. The van der Waals surface area contributed by atoms with Gasteiger partial charge in [-0.05, 0) is 85.3 Å². The molecule has 6 heteroatoms. The maximum absolute atomic E-state index is 11.0. The van der Waals surface area contributed by atoms with E-state index in [9.17, 15) is 25.5 Å². The van der Waals surface area contributed by atoms with Crippen molar-refractivity contribution < 1.29 is 29.9 Å². The lowest BCUT2D eigenvalue weighted by molar-refractivity contribution is 0.330. The number of fused-ring (bicyclic) bond motifs is 5. The Hall–Kier alpha value is -6.92. The first-order valence-corrected chi connectivity index (χ1v) is 16.1. The van der Waals surface area contributed by atoms with Gasteiger partial charge in [-0.1, -0.05) is 109 Å². The molecule has 1 aromatic heterocycles. The van der Waals surface area contributed by atoms with Crippen molar-refractivity contribution in [2.24, 2.45) is 0 Å². The molecule has 5 N–H and O–H groups in total. The van der Waals surface area contributed by atoms with Gasteiger partial charge < -0.3 is 29.9 Å². The molecule has 0 aliphatic heterocycles. The van der Waals surface area contributed by atoms with E-state index in [-0.39, 0.29) is 5.56 Å². The summed E-state index contributed by atoms with van der Waals surface area (Å²) in [7, 11) is 0. The van der Waals surface area contributed by atoms with E-state index in [1.165, 1.54) is 0 Å². The van der Waals surface area contributed by atoms with Gasteiger partial charge in [-0.25, -0.2) is 0 Å². The Morgan fingerprint density at radius 2 is 0.700 bits per heavy atom. The van der Waals surface area contributed by atoms with Crippen LogP contribution in [-0.2, 0) is 0 Å². The molecule has 50 heavy (non-hydrogen) atoms. The largest absolute Gasteiger partial charge is 0.504 e. The van der Waals surface area contributed by atoms with Crippen molar-refractivity contribution in [1.29, 1.82) is 0 Å². The summed E-state index contributed by atoms with van der Waals surface area (Å²) in [6.07, 6.45) is 0. The van der Waals surface area contributed by atoms with Crippen LogP contribution in [0.5, 0.6) is 28.7 Å². The summed E-state index contributed by atoms with van der Waals surface area (Å²) in [5, 5.41) is 58.0. The zero-order valence-corrected chi connectivity index (χ0v) is 26.4. The number of rotatable bonds is 4. The van der Waals surface area contributed by atoms with E-state index < -0.39 is 28.7 Å². The molecule has 0 saturated heterocycles. The molecule has 1 heterocycles. The number of benzene rings is 8. The van der Waals surface area contributed by atoms with Crippen LogP contribution in [0.3, 0.4) is 0 Å². The van der Waals surface area contributed by atoms with Crippen LogP contribution in [0, 0.1) is 0 Å². The fourth-order valence-electron chi connectivity index (χ4n) is 7.25. The quantitative estimate of drug-likeness (QED) is 0.0734. The van der Waals surface area contributed by atoms with Crippen LogP contribution in [0.15, 0.2) is 144 Å². The molecule has 9 rings (SSSR count). The van der Waals surface area contributed by atoms with Crippen LogP contribution < -0.4 is 0 Å². The Balaban J connectivity index is 1.27. The molecule has 0 spiro atoms. The highest BCUT2D eigenvalue weighted by molar-refractivity contribution is 6.23. The van der Waals surface area contributed by atoms with Gasteiger partial charge in [0.25, 0.3) is 0 Å². The number of aromatic hydroxyl groups is 5. The van der Waals surface area contributed by atoms with Crippen LogP contribution >= 0.6 is 0 Å². The van der Waals surface area contributed by atoms with Crippen molar-refractivity contribution in [3.05, 3.63) is 140 Å². The minimum atomic E-state index is -0.998. The van der Waals surface area contributed by atoms with Gasteiger partial charge >= 0.3 is 0 Å². The summed E-state index contributed by atoms with van der Waals surface area (Å²) in [5.74, 6) is -4.32. The van der Waals surface area contributed by atoms with Gasteiger partial charge in [0.2, 0.25) is 17.2 Å². The van der Waals surface area contributed by atoms with Crippen LogP contribution in [0.25, 0.3) is 88.0 Å². The van der Waals surface area contributed by atoms with E-state index >= 15 is 0 Å². The fourth-order valence-corrected chi connectivity index (χ4v) is 7.25. The summed E-state index contributed by atoms with van der Waals surface area (Å²) in [4.78, 5) is 0. The molecular formula is C44H28O6. The van der Waals surface area contributed by atoms with Crippen LogP contribution in [-0.4, -0.2) is 25.5 Å². The lowest BCUT2D eigenvalue weighted by atomic mass is 9.85. The first-order valence-electron chi connectivity index (χ1n) is 16.1. The molecule has 240 valence electrons. The molecule has 0 aliphatic rings. The van der Waals surface area contributed by atoms with Crippen LogP contribution in [0.4, 0.5) is 0 Å². The van der Waals surface area contributed by atoms with Gasteiger partial charge in [0.15, 0.2) is 11.5 Å². The van der Waals surface area contributed by atoms with E-state index in [1.54, 1.807) is 0 Å². The standard InChI is InChI=1S/C44H28O6/c45-40-39(41(46)43(48)44(49)42(40)47)38-31-15-6-4-13-29(31)37(30-14-5-7-16-32(30)38)28-18-20-36-34(23-28)33-22-27(17-19-35(33)50-36)26-12-8-11-25(21-26)24-9-2-1-3-10-24/h1-23,45-49H. The van der Waals surface area contributed by atoms with Crippen LogP contribution in [0.1, 0.15) is 0 Å². The number of hydrogen-bond acceptors (Lipinski definition) is 6. The topological polar surface area (TPSA) is 114 Å². The van der Waals surface area contributed by atoms with Crippen LogP contribution in [0.2, 0.25) is 0 Å². The summed E-state index contributed by atoms with van der Waals surface area (Å²) in [6, 6.07) is 46.4. The smallest absolute Gasteiger partial charge is 0.208 e. The molecule has 0 fully saturated rings. The number of phenolic OH excluding ortho intramolecular Hbond substituents is 5. The minimum Gasteiger partial charge on any atom is -0.504 e. The van der Waals surface area contributed by atoms with Crippen molar-refractivity contribution in [3.8, 4) is 73.3 Å². The Morgan fingerprint density at radius 1 is 0.280 bits per heavy atom. The van der Waals surface area contributed by atoms with Gasteiger partial charge in [0.1, 0.15) is 11.2 Å². The first-order chi connectivity index (χ1) is 24.4. The molecule has 0 aliphatic carbocycles. The monoisotopic (exact) mass is 652 g/mol. The average Bonchev–Trinajstić information content (AvgIpc) is 3.53. The lowest BCUT2D eigenvalue weighted by Crippen LogP contribution is -1.92. The van der Waals surface area contributed by atoms with E-state index in [4.69, 9.17) is 4.42 Å². The molecule has 6 nitrogen and oxygen atoms in total. The first kappa shape index (κ1) is 29.2. The molecule has 0 amide bonds.